The third kappa shape index (κ3) is 1.54. The van der Waals surface area contributed by atoms with E-state index in [0.717, 1.165) is 42.2 Å². The van der Waals surface area contributed by atoms with Crippen molar-refractivity contribution in [2.75, 3.05) is 7.11 Å². The molecule has 94 valence electrons. The lowest BCUT2D eigenvalue weighted by Gasteiger charge is -2.16. The minimum absolute atomic E-state index is 0.148. The smallest absolute Gasteiger partial charge is 0.380 e. The number of pyridine rings is 1. The van der Waals surface area contributed by atoms with Gasteiger partial charge >= 0.3 is 5.63 Å². The number of fused-ring (bicyclic) bond motifs is 3. The summed E-state index contributed by atoms with van der Waals surface area (Å²) in [5.74, 6) is 0.169. The van der Waals surface area contributed by atoms with Gasteiger partial charge in [0.25, 0.3) is 5.56 Å². The highest BCUT2D eigenvalue weighted by Gasteiger charge is 2.18. The number of aromatic amines is 1. The van der Waals surface area contributed by atoms with Gasteiger partial charge in [0.1, 0.15) is 0 Å². The van der Waals surface area contributed by atoms with Gasteiger partial charge in [0.2, 0.25) is 11.5 Å². The Morgan fingerprint density at radius 1 is 1.22 bits per heavy atom. The number of methoxy groups -OCH3 is 1. The summed E-state index contributed by atoms with van der Waals surface area (Å²) in [6.07, 6.45) is 3.69. The summed E-state index contributed by atoms with van der Waals surface area (Å²) in [6, 6.07) is 1.65. The summed E-state index contributed by atoms with van der Waals surface area (Å²) in [5.41, 5.74) is 1.32. The van der Waals surface area contributed by atoms with Crippen LogP contribution in [0, 0.1) is 0 Å². The Morgan fingerprint density at radius 3 is 2.67 bits per heavy atom. The van der Waals surface area contributed by atoms with Crippen LogP contribution in [0.1, 0.15) is 24.0 Å². The molecular formula is C13H13NO4. The molecule has 0 saturated heterocycles. The molecule has 18 heavy (non-hydrogen) atoms. The van der Waals surface area contributed by atoms with Crippen molar-refractivity contribution in [2.24, 2.45) is 0 Å². The molecule has 1 N–H and O–H groups in total. The fraction of sp³-hybridized carbons (Fsp3) is 0.385. The van der Waals surface area contributed by atoms with Crippen molar-refractivity contribution in [3.05, 3.63) is 38.0 Å². The van der Waals surface area contributed by atoms with Crippen molar-refractivity contribution in [3.8, 4) is 5.75 Å². The fourth-order valence-electron chi connectivity index (χ4n) is 2.54. The molecule has 0 bridgehead atoms. The van der Waals surface area contributed by atoms with Crippen molar-refractivity contribution >= 4 is 11.1 Å². The molecule has 5 heteroatoms. The number of hydrogen-bond donors (Lipinski definition) is 1. The zero-order valence-corrected chi connectivity index (χ0v) is 10.0. The topological polar surface area (TPSA) is 72.3 Å². The molecule has 0 atom stereocenters. The summed E-state index contributed by atoms with van der Waals surface area (Å²) in [6.45, 7) is 0. The highest BCUT2D eigenvalue weighted by molar-refractivity contribution is 5.79. The van der Waals surface area contributed by atoms with E-state index >= 15 is 0 Å². The van der Waals surface area contributed by atoms with E-state index in [4.69, 9.17) is 9.15 Å². The Hall–Kier alpha value is -2.04. The van der Waals surface area contributed by atoms with Gasteiger partial charge in [0, 0.05) is 17.0 Å². The van der Waals surface area contributed by atoms with Crippen LogP contribution in [0.15, 0.2) is 20.1 Å². The molecule has 0 fully saturated rings. The van der Waals surface area contributed by atoms with Crippen LogP contribution in [0.2, 0.25) is 0 Å². The second-order valence-corrected chi connectivity index (χ2v) is 4.46. The minimum atomic E-state index is -0.573. The monoisotopic (exact) mass is 247 g/mol. The summed E-state index contributed by atoms with van der Waals surface area (Å²) < 4.78 is 10.1. The largest absolute Gasteiger partial charge is 0.490 e. The predicted molar refractivity (Wildman–Crippen MR) is 66.3 cm³/mol. The first kappa shape index (κ1) is 11.1. The standard InChI is InChI=1S/C13H13NO4/c1-17-10-6-9-7-4-2-3-5-8(7)11(15)14-12(9)18-13(10)16/h6H,2-5H2,1H3,(H,14,15). The van der Waals surface area contributed by atoms with Crippen LogP contribution in [-0.2, 0) is 12.8 Å². The third-order valence-electron chi connectivity index (χ3n) is 3.43. The van der Waals surface area contributed by atoms with E-state index in [0.29, 0.717) is 0 Å². The van der Waals surface area contributed by atoms with E-state index in [-0.39, 0.29) is 17.0 Å². The molecule has 3 rings (SSSR count). The molecule has 1 aliphatic rings. The molecule has 1 aliphatic carbocycles. The van der Waals surface area contributed by atoms with Gasteiger partial charge in [-0.25, -0.2) is 4.79 Å². The van der Waals surface area contributed by atoms with Gasteiger partial charge < -0.3 is 9.15 Å². The van der Waals surface area contributed by atoms with E-state index < -0.39 is 5.63 Å². The van der Waals surface area contributed by atoms with Crippen LogP contribution in [0.3, 0.4) is 0 Å². The Balaban J connectivity index is 2.42. The predicted octanol–water partition coefficient (Wildman–Crippen LogP) is 1.37. The zero-order chi connectivity index (χ0) is 12.7. The molecular weight excluding hydrogens is 234 g/mol. The van der Waals surface area contributed by atoms with Crippen LogP contribution in [0.5, 0.6) is 5.75 Å². The minimum Gasteiger partial charge on any atom is -0.490 e. The number of ether oxygens (including phenoxy) is 1. The van der Waals surface area contributed by atoms with Gasteiger partial charge in [-0.2, -0.15) is 0 Å². The molecule has 0 saturated carbocycles. The van der Waals surface area contributed by atoms with E-state index in [1.54, 1.807) is 6.07 Å². The number of aromatic nitrogens is 1. The van der Waals surface area contributed by atoms with Crippen LogP contribution in [0.25, 0.3) is 11.1 Å². The average molecular weight is 247 g/mol. The molecule has 2 aromatic heterocycles. The van der Waals surface area contributed by atoms with Crippen molar-refractivity contribution in [2.45, 2.75) is 25.7 Å². The first-order chi connectivity index (χ1) is 8.70. The Kier molecular flexibility index (Phi) is 2.47. The molecule has 5 nitrogen and oxygen atoms in total. The van der Waals surface area contributed by atoms with E-state index in [9.17, 15) is 9.59 Å². The summed E-state index contributed by atoms with van der Waals surface area (Å²) in [7, 11) is 1.43. The van der Waals surface area contributed by atoms with Crippen molar-refractivity contribution in [1.82, 2.24) is 4.98 Å². The molecule has 0 radical (unpaired) electrons. The van der Waals surface area contributed by atoms with Crippen LogP contribution < -0.4 is 15.9 Å². The van der Waals surface area contributed by atoms with Gasteiger partial charge in [0.05, 0.1) is 7.11 Å². The zero-order valence-electron chi connectivity index (χ0n) is 10.0. The van der Waals surface area contributed by atoms with Gasteiger partial charge in [-0.3, -0.25) is 9.78 Å². The maximum Gasteiger partial charge on any atom is 0.380 e. The summed E-state index contributed by atoms with van der Waals surface area (Å²) >= 11 is 0. The number of hydrogen-bond acceptors (Lipinski definition) is 4. The van der Waals surface area contributed by atoms with Gasteiger partial charge in [-0.15, -0.1) is 0 Å². The SMILES string of the molecule is COc1cc2c3c(c(=O)[nH]c2oc1=O)CCCC3. The van der Waals surface area contributed by atoms with Gasteiger partial charge in [0.15, 0.2) is 0 Å². The van der Waals surface area contributed by atoms with Gasteiger partial charge in [-0.1, -0.05) is 0 Å². The molecule has 0 aliphatic heterocycles. The molecule has 2 aromatic rings. The molecule has 0 aromatic carbocycles. The van der Waals surface area contributed by atoms with Crippen LogP contribution in [0.4, 0.5) is 0 Å². The number of nitrogens with one attached hydrogen (secondary N) is 1. The fourth-order valence-corrected chi connectivity index (χ4v) is 2.54. The normalized spacial score (nSPS) is 14.5. The first-order valence-electron chi connectivity index (χ1n) is 5.96. The quantitative estimate of drug-likeness (QED) is 0.826. The number of rotatable bonds is 1. The van der Waals surface area contributed by atoms with Crippen LogP contribution >= 0.6 is 0 Å². The van der Waals surface area contributed by atoms with E-state index in [1.807, 2.05) is 0 Å². The Labute approximate surface area is 102 Å². The highest BCUT2D eigenvalue weighted by atomic mass is 16.5. The number of H-pyrrole nitrogens is 1. The maximum absolute atomic E-state index is 11.9. The Morgan fingerprint density at radius 2 is 1.94 bits per heavy atom. The highest BCUT2D eigenvalue weighted by Crippen LogP contribution is 2.26. The maximum atomic E-state index is 11.9. The summed E-state index contributed by atoms with van der Waals surface area (Å²) in [4.78, 5) is 26.1. The summed E-state index contributed by atoms with van der Waals surface area (Å²) in [5, 5.41) is 0.778. The van der Waals surface area contributed by atoms with Crippen LogP contribution in [-0.4, -0.2) is 12.1 Å². The molecule has 0 spiro atoms. The lowest BCUT2D eigenvalue weighted by Crippen LogP contribution is -2.20. The second kappa shape index (κ2) is 4.01. The van der Waals surface area contributed by atoms with Gasteiger partial charge in [-0.05, 0) is 31.2 Å². The average Bonchev–Trinajstić information content (AvgIpc) is 2.38. The second-order valence-electron chi connectivity index (χ2n) is 4.46. The van der Waals surface area contributed by atoms with Crippen molar-refractivity contribution in [3.63, 3.8) is 0 Å². The van der Waals surface area contributed by atoms with Crippen molar-refractivity contribution < 1.29 is 9.15 Å². The van der Waals surface area contributed by atoms with E-state index in [2.05, 4.69) is 4.98 Å². The van der Waals surface area contributed by atoms with E-state index in [1.165, 1.54) is 7.11 Å². The Bertz CT molecular complexity index is 721. The van der Waals surface area contributed by atoms with Crippen molar-refractivity contribution in [1.29, 1.82) is 0 Å². The molecule has 2 heterocycles. The lowest BCUT2D eigenvalue weighted by atomic mass is 9.91. The lowest BCUT2D eigenvalue weighted by molar-refractivity contribution is 0.384. The molecule has 0 amide bonds. The molecule has 0 unspecified atom stereocenters. The third-order valence-corrected chi connectivity index (χ3v) is 3.43. The first-order valence-corrected chi connectivity index (χ1v) is 5.96. The number of aryl methyl sites for hydroxylation is 1.